The first kappa shape index (κ1) is 21.2. The van der Waals surface area contributed by atoms with Gasteiger partial charge in [-0.3, -0.25) is 4.79 Å². The van der Waals surface area contributed by atoms with Gasteiger partial charge in [0.25, 0.3) is 0 Å². The van der Waals surface area contributed by atoms with E-state index in [4.69, 9.17) is 16.3 Å². The van der Waals surface area contributed by atoms with E-state index in [1.165, 1.54) is 6.92 Å². The Morgan fingerprint density at radius 3 is 2.53 bits per heavy atom. The number of ether oxygens (including phenoxy) is 1. The summed E-state index contributed by atoms with van der Waals surface area (Å²) in [7, 11) is 0. The van der Waals surface area contributed by atoms with E-state index in [1.807, 2.05) is 61.5 Å². The Bertz CT molecular complexity index is 1390. The predicted molar refractivity (Wildman–Crippen MR) is 136 cm³/mol. The van der Waals surface area contributed by atoms with Gasteiger partial charge in [-0.2, -0.15) is 0 Å². The first-order chi connectivity index (χ1) is 15.4. The van der Waals surface area contributed by atoms with Crippen LogP contribution in [0.4, 0.5) is 22.7 Å². The summed E-state index contributed by atoms with van der Waals surface area (Å²) in [4.78, 5) is 14.1. The van der Waals surface area contributed by atoms with Crippen LogP contribution >= 0.6 is 39.3 Å². The van der Waals surface area contributed by atoms with Gasteiger partial charge in [0.2, 0.25) is 0 Å². The molecule has 4 aromatic carbocycles. The van der Waals surface area contributed by atoms with E-state index in [0.717, 1.165) is 53.3 Å². The number of hydrogen-bond donors (Lipinski definition) is 2. The third-order valence-electron chi connectivity index (χ3n) is 5.21. The maximum absolute atomic E-state index is 12.1. The number of hydrogen-bond acceptors (Lipinski definition) is 5. The average molecular weight is 526 g/mol. The number of esters is 1. The second-order valence-corrected chi connectivity index (χ2v) is 9.88. The molecular weight excluding hydrogens is 508 g/mol. The van der Waals surface area contributed by atoms with Crippen LogP contribution in [0.1, 0.15) is 12.5 Å². The Kier molecular flexibility index (Phi) is 5.53. The highest BCUT2D eigenvalue weighted by atomic mass is 79.9. The predicted octanol–water partition coefficient (Wildman–Crippen LogP) is 8.44. The van der Waals surface area contributed by atoms with Crippen LogP contribution in [0.3, 0.4) is 0 Å². The zero-order valence-electron chi connectivity index (χ0n) is 17.3. The van der Waals surface area contributed by atoms with Gasteiger partial charge in [0.15, 0.2) is 5.75 Å². The van der Waals surface area contributed by atoms with Crippen molar-refractivity contribution in [1.82, 2.24) is 0 Å². The molecule has 0 atom stereocenters. The molecule has 7 heteroatoms. The van der Waals surface area contributed by atoms with Crippen molar-refractivity contribution < 1.29 is 9.53 Å². The number of carbonyl (C=O) groups excluding carboxylic acids is 1. The molecule has 1 aliphatic heterocycles. The van der Waals surface area contributed by atoms with Gasteiger partial charge in [0.05, 0.1) is 22.0 Å². The van der Waals surface area contributed by atoms with Gasteiger partial charge in [0, 0.05) is 37.8 Å². The Balaban J connectivity index is 1.77. The number of nitrogens with one attached hydrogen (secondary N) is 2. The number of fused-ring (bicyclic) bond motifs is 4. The summed E-state index contributed by atoms with van der Waals surface area (Å²) in [6.45, 7) is 3.41. The van der Waals surface area contributed by atoms with E-state index in [1.54, 1.807) is 11.8 Å². The van der Waals surface area contributed by atoms with Gasteiger partial charge in [-0.05, 0) is 48.9 Å². The largest absolute Gasteiger partial charge is 0.424 e. The number of carbonyl (C=O) groups is 1. The number of rotatable bonds is 3. The van der Waals surface area contributed by atoms with Crippen molar-refractivity contribution in [2.75, 3.05) is 10.6 Å². The number of halogens is 2. The molecule has 4 nitrogen and oxygen atoms in total. The molecule has 0 aliphatic carbocycles. The normalized spacial score (nSPS) is 12.0. The van der Waals surface area contributed by atoms with Crippen LogP contribution in [0.2, 0.25) is 5.02 Å². The first-order valence-electron chi connectivity index (χ1n) is 9.95. The van der Waals surface area contributed by atoms with E-state index in [9.17, 15) is 4.79 Å². The summed E-state index contributed by atoms with van der Waals surface area (Å²) in [6, 6.07) is 19.8. The molecular formula is C25H18BrClN2O2S. The standard InChI is InChI=1S/C25H18BrClN2O2S/c1-13-11-21-20(12-19(13)27)29-22-17-5-3-4-6-18(17)24(31-14(2)30)23(25(22)32-21)28-16-9-7-15(26)8-10-16/h3-12,28-29H,1-2H3. The monoisotopic (exact) mass is 524 g/mol. The van der Waals surface area contributed by atoms with Gasteiger partial charge in [-0.25, -0.2) is 0 Å². The lowest BCUT2D eigenvalue weighted by molar-refractivity contribution is -0.131. The molecule has 0 radical (unpaired) electrons. The average Bonchev–Trinajstić information content (AvgIpc) is 2.77. The fraction of sp³-hybridized carbons (Fsp3) is 0.0800. The lowest BCUT2D eigenvalue weighted by Gasteiger charge is -2.27. The molecule has 0 amide bonds. The summed E-state index contributed by atoms with van der Waals surface area (Å²) in [5.41, 5.74) is 4.54. The number of aryl methyl sites for hydroxylation is 1. The molecule has 0 bridgehead atoms. The maximum Gasteiger partial charge on any atom is 0.308 e. The van der Waals surface area contributed by atoms with Crippen molar-refractivity contribution in [2.24, 2.45) is 0 Å². The minimum atomic E-state index is -0.370. The van der Waals surface area contributed by atoms with E-state index in [-0.39, 0.29) is 5.97 Å². The van der Waals surface area contributed by atoms with E-state index in [2.05, 4.69) is 32.6 Å². The fourth-order valence-corrected chi connectivity index (χ4v) is 5.35. The number of anilines is 4. The van der Waals surface area contributed by atoms with E-state index >= 15 is 0 Å². The molecule has 0 fully saturated rings. The van der Waals surface area contributed by atoms with Gasteiger partial charge < -0.3 is 15.4 Å². The van der Waals surface area contributed by atoms with Gasteiger partial charge >= 0.3 is 5.97 Å². The smallest absolute Gasteiger partial charge is 0.308 e. The minimum absolute atomic E-state index is 0.370. The molecule has 0 saturated heterocycles. The van der Waals surface area contributed by atoms with Crippen LogP contribution in [-0.2, 0) is 4.79 Å². The first-order valence-corrected chi connectivity index (χ1v) is 11.9. The molecule has 32 heavy (non-hydrogen) atoms. The minimum Gasteiger partial charge on any atom is -0.424 e. The van der Waals surface area contributed by atoms with Crippen LogP contribution in [0.5, 0.6) is 5.75 Å². The fourth-order valence-electron chi connectivity index (χ4n) is 3.73. The summed E-state index contributed by atoms with van der Waals surface area (Å²) in [5.74, 6) is 0.143. The SMILES string of the molecule is CC(=O)Oc1c(Nc2ccc(Br)cc2)c2c(c3ccccc13)Nc1cc(Cl)c(C)cc1S2. The summed E-state index contributed by atoms with van der Waals surface area (Å²) in [5, 5.41) is 9.60. The zero-order chi connectivity index (χ0) is 22.4. The van der Waals surface area contributed by atoms with Crippen LogP contribution in [-0.4, -0.2) is 5.97 Å². The molecule has 1 aliphatic rings. The second kappa shape index (κ2) is 8.35. The third kappa shape index (κ3) is 3.83. The van der Waals surface area contributed by atoms with Crippen LogP contribution < -0.4 is 15.4 Å². The van der Waals surface area contributed by atoms with E-state index < -0.39 is 0 Å². The molecule has 160 valence electrons. The Labute approximate surface area is 203 Å². The summed E-state index contributed by atoms with van der Waals surface area (Å²) < 4.78 is 6.77. The molecule has 0 saturated carbocycles. The van der Waals surface area contributed by atoms with Crippen molar-refractivity contribution in [2.45, 2.75) is 23.6 Å². The van der Waals surface area contributed by atoms with Crippen LogP contribution in [0.25, 0.3) is 10.8 Å². The molecule has 5 rings (SSSR count). The van der Waals surface area contributed by atoms with Gasteiger partial charge in [-0.1, -0.05) is 63.6 Å². The molecule has 2 N–H and O–H groups in total. The van der Waals surface area contributed by atoms with Crippen molar-refractivity contribution in [3.63, 3.8) is 0 Å². The Morgan fingerprint density at radius 2 is 1.81 bits per heavy atom. The number of benzene rings is 4. The summed E-state index contributed by atoms with van der Waals surface area (Å²) in [6.07, 6.45) is 0. The van der Waals surface area contributed by atoms with Crippen molar-refractivity contribution in [3.8, 4) is 5.75 Å². The van der Waals surface area contributed by atoms with Crippen molar-refractivity contribution in [3.05, 3.63) is 75.7 Å². The topological polar surface area (TPSA) is 50.4 Å². The summed E-state index contributed by atoms with van der Waals surface area (Å²) >= 11 is 11.5. The lowest BCUT2D eigenvalue weighted by atomic mass is 10.0. The molecule has 0 spiro atoms. The van der Waals surface area contributed by atoms with Crippen molar-refractivity contribution in [1.29, 1.82) is 0 Å². The Morgan fingerprint density at radius 1 is 1.09 bits per heavy atom. The highest BCUT2D eigenvalue weighted by molar-refractivity contribution is 9.10. The lowest BCUT2D eigenvalue weighted by Crippen LogP contribution is -2.09. The van der Waals surface area contributed by atoms with Crippen molar-refractivity contribution >= 4 is 78.8 Å². The van der Waals surface area contributed by atoms with Gasteiger partial charge in [-0.15, -0.1) is 0 Å². The van der Waals surface area contributed by atoms with E-state index in [0.29, 0.717) is 10.8 Å². The molecule has 0 unspecified atom stereocenters. The van der Waals surface area contributed by atoms with Gasteiger partial charge in [0.1, 0.15) is 0 Å². The zero-order valence-corrected chi connectivity index (χ0v) is 20.4. The second-order valence-electron chi connectivity index (χ2n) is 7.50. The van der Waals surface area contributed by atoms with Crippen LogP contribution in [0, 0.1) is 6.92 Å². The Hall–Kier alpha value is -2.67. The third-order valence-corrected chi connectivity index (χ3v) is 7.32. The highest BCUT2D eigenvalue weighted by Gasteiger charge is 2.27. The van der Waals surface area contributed by atoms with Crippen LogP contribution in [0.15, 0.2) is 74.9 Å². The quantitative estimate of drug-likeness (QED) is 0.183. The molecule has 1 heterocycles. The highest BCUT2D eigenvalue weighted by Crippen LogP contribution is 2.55. The molecule has 4 aromatic rings. The molecule has 0 aromatic heterocycles. The maximum atomic E-state index is 12.1.